The number of ketones is 1. The Hall–Kier alpha value is -5.34. The van der Waals surface area contributed by atoms with Crippen LogP contribution in [0, 0.1) is 26.6 Å². The van der Waals surface area contributed by atoms with Crippen molar-refractivity contribution in [1.82, 2.24) is 18.7 Å². The lowest BCUT2D eigenvalue weighted by Gasteiger charge is -2.13. The van der Waals surface area contributed by atoms with E-state index in [9.17, 15) is 26.0 Å². The summed E-state index contributed by atoms with van der Waals surface area (Å²) in [6.45, 7) is 5.27. The van der Waals surface area contributed by atoms with Gasteiger partial charge in [0, 0.05) is 17.7 Å². The first kappa shape index (κ1) is 32.6. The number of nitrogens with zero attached hydrogens (tertiary/aromatic N) is 4. The Morgan fingerprint density at radius 1 is 0.917 bits per heavy atom. The number of carbonyl (C=O) groups is 1. The number of hydrogen-bond acceptors (Lipinski definition) is 9. The summed E-state index contributed by atoms with van der Waals surface area (Å²) in [5.41, 5.74) is 9.18. The van der Waals surface area contributed by atoms with Crippen molar-refractivity contribution in [2.24, 2.45) is 0 Å². The Morgan fingerprint density at radius 3 is 2.29 bits per heavy atom. The molecule has 2 N–H and O–H groups in total. The lowest BCUT2D eigenvalue weighted by atomic mass is 10.1. The van der Waals surface area contributed by atoms with Gasteiger partial charge < -0.3 is 10.5 Å². The zero-order valence-corrected chi connectivity index (χ0v) is 27.9. The molecule has 0 fully saturated rings. The number of rotatable bonds is 9. The molecule has 0 aliphatic heterocycles. The molecule has 3 heterocycles. The van der Waals surface area contributed by atoms with Crippen LogP contribution >= 0.6 is 0 Å². The van der Waals surface area contributed by atoms with Crippen LogP contribution in [0.3, 0.4) is 0 Å². The summed E-state index contributed by atoms with van der Waals surface area (Å²) in [7, 11) is -7.83. The number of anilines is 1. The van der Waals surface area contributed by atoms with Gasteiger partial charge >= 0.3 is 0 Å². The number of nitrogens with two attached hydrogens (primary N) is 1. The van der Waals surface area contributed by atoms with Crippen molar-refractivity contribution in [3.8, 4) is 17.3 Å². The summed E-state index contributed by atoms with van der Waals surface area (Å²) in [5, 5.41) is 4.72. The summed E-state index contributed by atoms with van der Waals surface area (Å²) >= 11 is 0. The van der Waals surface area contributed by atoms with E-state index in [4.69, 9.17) is 10.5 Å². The third-order valence-corrected chi connectivity index (χ3v) is 10.4. The number of aromatic nitrogens is 4. The van der Waals surface area contributed by atoms with Crippen LogP contribution < -0.4 is 10.5 Å². The van der Waals surface area contributed by atoms with Crippen molar-refractivity contribution in [2.75, 3.05) is 12.0 Å². The Balaban J connectivity index is 1.45. The molecule has 0 bridgehead atoms. The van der Waals surface area contributed by atoms with Gasteiger partial charge in [0.25, 0.3) is 10.0 Å². The van der Waals surface area contributed by atoms with Crippen LogP contribution in [0.25, 0.3) is 16.6 Å². The summed E-state index contributed by atoms with van der Waals surface area (Å²) in [4.78, 5) is 18.4. The van der Waals surface area contributed by atoms with Gasteiger partial charge in [-0.3, -0.25) is 4.79 Å². The molecule has 48 heavy (non-hydrogen) atoms. The minimum atomic E-state index is -4.37. The van der Waals surface area contributed by atoms with Gasteiger partial charge in [-0.1, -0.05) is 29.8 Å². The quantitative estimate of drug-likeness (QED) is 0.189. The number of hydrogen-bond donors (Lipinski definition) is 1. The van der Waals surface area contributed by atoms with Crippen molar-refractivity contribution in [2.45, 2.75) is 31.4 Å². The largest absolute Gasteiger partial charge is 0.436 e. The van der Waals surface area contributed by atoms with Crippen molar-refractivity contribution in [3.05, 3.63) is 125 Å². The molecule has 3 aromatic heterocycles. The van der Waals surface area contributed by atoms with E-state index in [1.165, 1.54) is 59.5 Å². The van der Waals surface area contributed by atoms with Crippen LogP contribution in [0.4, 0.5) is 10.2 Å². The first-order valence-electron chi connectivity index (χ1n) is 14.6. The molecule has 0 spiro atoms. The summed E-state index contributed by atoms with van der Waals surface area (Å²) in [5.74, 6) is -1.54. The third-order valence-electron chi connectivity index (χ3n) is 7.81. The highest BCUT2D eigenvalue weighted by atomic mass is 32.2. The number of sulfone groups is 1. The highest BCUT2D eigenvalue weighted by Gasteiger charge is 2.30. The first-order valence-corrected chi connectivity index (χ1v) is 18.1. The lowest BCUT2D eigenvalue weighted by molar-refractivity contribution is 0.103. The smallest absolute Gasteiger partial charge is 0.268 e. The molecule has 0 amide bonds. The fourth-order valence-corrected chi connectivity index (χ4v) is 7.74. The molecule has 0 aliphatic carbocycles. The molecule has 6 rings (SSSR count). The van der Waals surface area contributed by atoms with Crippen molar-refractivity contribution in [3.63, 3.8) is 0 Å². The fraction of sp³-hybridized carbons (Fsp3) is 0.147. The van der Waals surface area contributed by atoms with Crippen LogP contribution in [-0.2, 0) is 25.6 Å². The molecule has 0 radical (unpaired) electrons. The van der Waals surface area contributed by atoms with Crippen LogP contribution in [0.5, 0.6) is 11.6 Å². The van der Waals surface area contributed by atoms with Gasteiger partial charge in [0.1, 0.15) is 11.5 Å². The van der Waals surface area contributed by atoms with E-state index in [0.717, 1.165) is 15.8 Å². The van der Waals surface area contributed by atoms with Crippen LogP contribution in [0.15, 0.2) is 90.1 Å². The molecular weight excluding hydrogens is 658 g/mol. The molecular formula is C34H30FN5O6S2. The number of fused-ring (bicyclic) bond motifs is 1. The topological polar surface area (TPSA) is 156 Å². The van der Waals surface area contributed by atoms with Gasteiger partial charge in [-0.2, -0.15) is 5.10 Å². The number of aryl methyl sites for hydroxylation is 3. The minimum Gasteiger partial charge on any atom is -0.436 e. The fourth-order valence-electron chi connectivity index (χ4n) is 5.36. The number of nitrogen functional groups attached to an aromatic ring is 1. The van der Waals surface area contributed by atoms with Crippen molar-refractivity contribution >= 4 is 42.4 Å². The number of ether oxygens (including phenoxy) is 1. The number of halogens is 1. The first-order chi connectivity index (χ1) is 22.6. The number of para-hydroxylation sites is 1. The van der Waals surface area contributed by atoms with Gasteiger partial charge in [0.05, 0.1) is 39.8 Å². The Kier molecular flexibility index (Phi) is 8.17. The van der Waals surface area contributed by atoms with Gasteiger partial charge in [-0.25, -0.2) is 34.9 Å². The highest BCUT2D eigenvalue weighted by Crippen LogP contribution is 2.32. The van der Waals surface area contributed by atoms with E-state index in [1.807, 2.05) is 6.92 Å². The Labute approximate surface area is 276 Å². The predicted molar refractivity (Wildman–Crippen MR) is 179 cm³/mol. The number of pyridine rings is 1. The average molecular weight is 688 g/mol. The summed E-state index contributed by atoms with van der Waals surface area (Å²) in [6.07, 6.45) is 3.74. The molecule has 11 nitrogen and oxygen atoms in total. The van der Waals surface area contributed by atoms with Crippen molar-refractivity contribution in [1.29, 1.82) is 0 Å². The predicted octanol–water partition coefficient (Wildman–Crippen LogP) is 5.67. The monoisotopic (exact) mass is 687 g/mol. The van der Waals surface area contributed by atoms with Gasteiger partial charge in [-0.05, 0) is 79.9 Å². The van der Waals surface area contributed by atoms with E-state index in [2.05, 4.69) is 10.1 Å². The minimum absolute atomic E-state index is 0.00162. The summed E-state index contributed by atoms with van der Waals surface area (Å²) in [6, 6.07) is 18.2. The van der Waals surface area contributed by atoms with E-state index in [0.29, 0.717) is 27.8 Å². The highest BCUT2D eigenvalue weighted by molar-refractivity contribution is 7.90. The number of benzene rings is 3. The molecule has 246 valence electrons. The maximum absolute atomic E-state index is 14.2. The lowest BCUT2D eigenvalue weighted by Crippen LogP contribution is -2.19. The van der Waals surface area contributed by atoms with Gasteiger partial charge in [0.2, 0.25) is 11.7 Å². The van der Waals surface area contributed by atoms with Crippen LogP contribution in [0.1, 0.15) is 38.3 Å². The van der Waals surface area contributed by atoms with E-state index >= 15 is 0 Å². The molecule has 0 unspecified atom stereocenters. The van der Waals surface area contributed by atoms with Gasteiger partial charge in [-0.15, -0.1) is 0 Å². The Bertz CT molecular complexity index is 2470. The van der Waals surface area contributed by atoms with E-state index < -0.39 is 31.5 Å². The van der Waals surface area contributed by atoms with E-state index in [1.54, 1.807) is 44.2 Å². The SMILES string of the molecule is Cc1ccc(S(=O)(=O)n2c(C(=O)c3cnn(-c4cnc(Oc5ccccc5F)cc4C)c3N)cc3cc(C)c(CS(C)(=O)=O)cc32)cc1. The molecule has 0 saturated carbocycles. The second kappa shape index (κ2) is 12.0. The van der Waals surface area contributed by atoms with Crippen LogP contribution in [-0.4, -0.2) is 47.6 Å². The number of carbonyl (C=O) groups excluding carboxylic acids is 1. The van der Waals surface area contributed by atoms with Crippen molar-refractivity contribution < 1.29 is 30.8 Å². The molecule has 6 aromatic rings. The molecule has 0 aliphatic rings. The summed E-state index contributed by atoms with van der Waals surface area (Å²) < 4.78 is 74.7. The third kappa shape index (κ3) is 6.07. The Morgan fingerprint density at radius 2 is 1.62 bits per heavy atom. The molecule has 14 heteroatoms. The normalized spacial score (nSPS) is 12.0. The zero-order valence-electron chi connectivity index (χ0n) is 26.3. The van der Waals surface area contributed by atoms with Crippen LogP contribution in [0.2, 0.25) is 0 Å². The standard InChI is InChI=1S/C34H30FN5O6S2/c1-20-9-11-25(12-10-20)48(44,45)40-28-16-24(19-47(4,42)43)21(2)13-23(28)15-29(40)33(41)26-17-38-39(34(26)36)30-18-37-32(14-22(30)3)46-31-8-6-5-7-27(31)35/h5-18H,19,36H2,1-4H3. The zero-order chi connectivity index (χ0) is 34.5. The second-order valence-electron chi connectivity index (χ2n) is 11.5. The maximum Gasteiger partial charge on any atom is 0.268 e. The second-order valence-corrected chi connectivity index (χ2v) is 15.5. The molecule has 0 saturated heterocycles. The van der Waals surface area contributed by atoms with E-state index in [-0.39, 0.29) is 44.9 Å². The van der Waals surface area contributed by atoms with Gasteiger partial charge in [0.15, 0.2) is 21.4 Å². The molecule has 3 aromatic carbocycles. The average Bonchev–Trinajstić information content (AvgIpc) is 3.58. The maximum atomic E-state index is 14.2. The molecule has 0 atom stereocenters.